The first-order valence-corrected chi connectivity index (χ1v) is 10.4. The highest BCUT2D eigenvalue weighted by molar-refractivity contribution is 7.89. The number of nitrogens with zero attached hydrogens (tertiary/aromatic N) is 3. The van der Waals surface area contributed by atoms with Gasteiger partial charge in [-0.2, -0.15) is 4.31 Å². The van der Waals surface area contributed by atoms with Crippen LogP contribution in [0.15, 0.2) is 29.2 Å². The fourth-order valence-electron chi connectivity index (χ4n) is 3.63. The average molecular weight is 365 g/mol. The first-order chi connectivity index (χ1) is 11.9. The zero-order chi connectivity index (χ0) is 18.0. The minimum atomic E-state index is -3.47. The molecule has 0 radical (unpaired) electrons. The van der Waals surface area contributed by atoms with Crippen molar-refractivity contribution in [3.8, 4) is 0 Å². The van der Waals surface area contributed by atoms with Gasteiger partial charge in [0.15, 0.2) is 0 Å². The van der Waals surface area contributed by atoms with Crippen LogP contribution >= 0.6 is 0 Å². The molecule has 0 N–H and O–H groups in total. The number of rotatable bonds is 3. The van der Waals surface area contributed by atoms with Crippen LogP contribution in [0.2, 0.25) is 0 Å². The molecular weight excluding hydrogens is 338 g/mol. The van der Waals surface area contributed by atoms with Gasteiger partial charge >= 0.3 is 0 Å². The van der Waals surface area contributed by atoms with Gasteiger partial charge in [-0.05, 0) is 45.5 Å². The fraction of sp³-hybridized carbons (Fsp3) is 0.611. The van der Waals surface area contributed by atoms with Crippen LogP contribution in [0.3, 0.4) is 0 Å². The Hall–Kier alpha value is -1.44. The van der Waals surface area contributed by atoms with E-state index >= 15 is 0 Å². The van der Waals surface area contributed by atoms with Crippen molar-refractivity contribution >= 4 is 15.9 Å². The molecule has 1 atom stereocenters. The van der Waals surface area contributed by atoms with Gasteiger partial charge in [0.1, 0.15) is 0 Å². The summed E-state index contributed by atoms with van der Waals surface area (Å²) in [4.78, 5) is 17.1. The highest BCUT2D eigenvalue weighted by Gasteiger charge is 2.33. The lowest BCUT2D eigenvalue weighted by atomic mass is 9.97. The molecule has 2 heterocycles. The van der Waals surface area contributed by atoms with Crippen molar-refractivity contribution < 1.29 is 13.2 Å². The molecule has 0 spiro atoms. The van der Waals surface area contributed by atoms with E-state index in [0.29, 0.717) is 31.1 Å². The molecule has 2 aliphatic heterocycles. The van der Waals surface area contributed by atoms with Gasteiger partial charge in [0.25, 0.3) is 0 Å². The van der Waals surface area contributed by atoms with Crippen molar-refractivity contribution in [2.45, 2.75) is 24.7 Å². The summed E-state index contributed by atoms with van der Waals surface area (Å²) in [5.74, 6) is 0.234. The molecular formula is C18H27N3O3S. The van der Waals surface area contributed by atoms with Crippen molar-refractivity contribution in [1.82, 2.24) is 14.1 Å². The Morgan fingerprint density at radius 1 is 1.04 bits per heavy atom. The van der Waals surface area contributed by atoms with Gasteiger partial charge in [-0.15, -0.1) is 0 Å². The van der Waals surface area contributed by atoms with E-state index in [-0.39, 0.29) is 11.8 Å². The molecule has 1 aromatic rings. The number of piperidine rings is 1. The topological polar surface area (TPSA) is 60.9 Å². The minimum absolute atomic E-state index is 0.0546. The summed E-state index contributed by atoms with van der Waals surface area (Å²) in [5, 5.41) is 0. The predicted molar refractivity (Wildman–Crippen MR) is 96.7 cm³/mol. The molecule has 25 heavy (non-hydrogen) atoms. The minimum Gasteiger partial charge on any atom is -0.340 e. The van der Waals surface area contributed by atoms with Crippen LogP contribution in [0.25, 0.3) is 0 Å². The molecule has 0 aliphatic carbocycles. The summed E-state index contributed by atoms with van der Waals surface area (Å²) in [6, 6.07) is 6.93. The highest BCUT2D eigenvalue weighted by atomic mass is 32.2. The van der Waals surface area contributed by atoms with Gasteiger partial charge in [-0.1, -0.05) is 17.7 Å². The molecule has 0 aromatic heterocycles. The second-order valence-corrected chi connectivity index (χ2v) is 9.08. The van der Waals surface area contributed by atoms with E-state index in [9.17, 15) is 13.2 Å². The van der Waals surface area contributed by atoms with E-state index < -0.39 is 10.0 Å². The standard InChI is InChI=1S/C18H27N3O3S/c1-15-5-7-17(8-6-15)25(23,24)21-12-10-20(11-13-21)18(22)16-4-3-9-19(2)14-16/h5-8,16H,3-4,9-14H2,1-2H3/t16-/m1/s1. The molecule has 2 fully saturated rings. The lowest BCUT2D eigenvalue weighted by Crippen LogP contribution is -2.53. The quantitative estimate of drug-likeness (QED) is 0.807. The number of carbonyl (C=O) groups excluding carboxylic acids is 1. The maximum Gasteiger partial charge on any atom is 0.243 e. The van der Waals surface area contributed by atoms with E-state index in [0.717, 1.165) is 31.5 Å². The van der Waals surface area contributed by atoms with E-state index in [2.05, 4.69) is 4.90 Å². The SMILES string of the molecule is Cc1ccc(S(=O)(=O)N2CCN(C(=O)[C@@H]3CCCN(C)C3)CC2)cc1. The maximum absolute atomic E-state index is 12.7. The molecule has 1 amide bonds. The number of hydrogen-bond donors (Lipinski definition) is 0. The van der Waals surface area contributed by atoms with Crippen LogP contribution in [0.5, 0.6) is 0 Å². The van der Waals surface area contributed by atoms with Crippen molar-refractivity contribution in [1.29, 1.82) is 0 Å². The molecule has 0 unspecified atom stereocenters. The van der Waals surface area contributed by atoms with Gasteiger partial charge in [0.2, 0.25) is 15.9 Å². The first kappa shape index (κ1) is 18.4. The summed E-state index contributed by atoms with van der Waals surface area (Å²) < 4.78 is 27.0. The van der Waals surface area contributed by atoms with E-state index in [1.165, 1.54) is 4.31 Å². The lowest BCUT2D eigenvalue weighted by molar-refractivity contribution is -0.138. The Bertz CT molecular complexity index is 710. The normalized spacial score (nSPS) is 23.6. The zero-order valence-electron chi connectivity index (χ0n) is 15.0. The maximum atomic E-state index is 12.7. The third-order valence-electron chi connectivity index (χ3n) is 5.18. The summed E-state index contributed by atoms with van der Waals surface area (Å²) in [6.45, 7) is 5.47. The zero-order valence-corrected chi connectivity index (χ0v) is 15.8. The number of amides is 1. The monoisotopic (exact) mass is 365 g/mol. The van der Waals surface area contributed by atoms with Gasteiger partial charge < -0.3 is 9.80 Å². The fourth-order valence-corrected chi connectivity index (χ4v) is 5.06. The van der Waals surface area contributed by atoms with E-state index in [1.54, 1.807) is 12.1 Å². The second kappa shape index (κ2) is 7.43. The summed E-state index contributed by atoms with van der Waals surface area (Å²) in [6.07, 6.45) is 1.99. The Morgan fingerprint density at radius 3 is 2.28 bits per heavy atom. The number of hydrogen-bond acceptors (Lipinski definition) is 4. The van der Waals surface area contributed by atoms with Crippen molar-refractivity contribution in [2.75, 3.05) is 46.3 Å². The molecule has 0 saturated carbocycles. The third-order valence-corrected chi connectivity index (χ3v) is 7.10. The van der Waals surface area contributed by atoms with Crippen LogP contribution in [-0.2, 0) is 14.8 Å². The first-order valence-electron chi connectivity index (χ1n) is 8.92. The Labute approximate surface area is 150 Å². The predicted octanol–water partition coefficient (Wildman–Crippen LogP) is 1.17. The summed E-state index contributed by atoms with van der Waals surface area (Å²) >= 11 is 0. The molecule has 6 nitrogen and oxygen atoms in total. The van der Waals surface area contributed by atoms with E-state index in [4.69, 9.17) is 0 Å². The molecule has 2 saturated heterocycles. The van der Waals surface area contributed by atoms with Crippen molar-refractivity contribution in [3.63, 3.8) is 0 Å². The van der Waals surface area contributed by atoms with Gasteiger partial charge in [-0.25, -0.2) is 8.42 Å². The molecule has 1 aromatic carbocycles. The van der Waals surface area contributed by atoms with Crippen LogP contribution in [0.1, 0.15) is 18.4 Å². The second-order valence-electron chi connectivity index (χ2n) is 7.14. The Balaban J connectivity index is 1.61. The van der Waals surface area contributed by atoms with Crippen molar-refractivity contribution in [3.05, 3.63) is 29.8 Å². The number of aryl methyl sites for hydroxylation is 1. The number of likely N-dealkylation sites (tertiary alicyclic amines) is 1. The van der Waals surface area contributed by atoms with E-state index in [1.807, 2.05) is 31.0 Å². The summed E-state index contributed by atoms with van der Waals surface area (Å²) in [5.41, 5.74) is 1.03. The van der Waals surface area contributed by atoms with Gasteiger partial charge in [-0.3, -0.25) is 4.79 Å². The number of sulfonamides is 1. The lowest BCUT2D eigenvalue weighted by Gasteiger charge is -2.37. The largest absolute Gasteiger partial charge is 0.340 e. The third kappa shape index (κ3) is 4.04. The Morgan fingerprint density at radius 2 is 1.68 bits per heavy atom. The number of carbonyl (C=O) groups is 1. The van der Waals surface area contributed by atoms with Crippen LogP contribution in [0, 0.1) is 12.8 Å². The number of piperazine rings is 1. The average Bonchev–Trinajstić information content (AvgIpc) is 2.61. The van der Waals surface area contributed by atoms with Gasteiger partial charge in [0.05, 0.1) is 10.8 Å². The van der Waals surface area contributed by atoms with Crippen LogP contribution in [-0.4, -0.2) is 74.7 Å². The molecule has 0 bridgehead atoms. The molecule has 7 heteroatoms. The molecule has 2 aliphatic rings. The van der Waals surface area contributed by atoms with Gasteiger partial charge in [0, 0.05) is 32.7 Å². The van der Waals surface area contributed by atoms with Crippen LogP contribution < -0.4 is 0 Å². The van der Waals surface area contributed by atoms with Crippen molar-refractivity contribution in [2.24, 2.45) is 5.92 Å². The highest BCUT2D eigenvalue weighted by Crippen LogP contribution is 2.21. The Kier molecular flexibility index (Phi) is 5.46. The summed E-state index contributed by atoms with van der Waals surface area (Å²) in [7, 11) is -1.43. The molecule has 3 rings (SSSR count). The van der Waals surface area contributed by atoms with Crippen LogP contribution in [0.4, 0.5) is 0 Å². The molecule has 138 valence electrons. The number of benzene rings is 1. The smallest absolute Gasteiger partial charge is 0.243 e.